The lowest BCUT2D eigenvalue weighted by atomic mass is 10.2. The lowest BCUT2D eigenvalue weighted by Gasteiger charge is -2.28. The molecule has 1 aromatic rings. The Labute approximate surface area is 137 Å². The number of nitrogens with zero attached hydrogens (tertiary/aromatic N) is 3. The zero-order valence-electron chi connectivity index (χ0n) is 13.9. The van der Waals surface area contributed by atoms with Crippen molar-refractivity contribution in [3.05, 3.63) is 22.4 Å². The number of aromatic nitrogens is 1. The summed E-state index contributed by atoms with van der Waals surface area (Å²) in [5.74, 6) is 0.582. The molecule has 0 aliphatic heterocycles. The molecule has 0 radical (unpaired) electrons. The molecule has 0 unspecified atom stereocenters. The van der Waals surface area contributed by atoms with Gasteiger partial charge in [-0.2, -0.15) is 0 Å². The summed E-state index contributed by atoms with van der Waals surface area (Å²) in [5, 5.41) is 0. The monoisotopic (exact) mass is 357 g/mol. The van der Waals surface area contributed by atoms with Gasteiger partial charge in [-0.1, -0.05) is 27.7 Å². The van der Waals surface area contributed by atoms with Crippen LogP contribution >= 0.6 is 15.9 Å². The van der Waals surface area contributed by atoms with Gasteiger partial charge < -0.3 is 14.4 Å². The third-order valence-corrected chi connectivity index (χ3v) is 4.08. The van der Waals surface area contributed by atoms with Gasteiger partial charge in [0.15, 0.2) is 0 Å². The molecule has 0 atom stereocenters. The Balaban J connectivity index is 2.81. The smallest absolute Gasteiger partial charge is 0.270 e. The summed E-state index contributed by atoms with van der Waals surface area (Å²) in [6.07, 6.45) is 1.92. The predicted octanol–water partition coefficient (Wildman–Crippen LogP) is 3.23. The highest BCUT2D eigenvalue weighted by Crippen LogP contribution is 2.16. The van der Waals surface area contributed by atoms with Gasteiger partial charge in [0, 0.05) is 37.4 Å². The molecule has 4 nitrogen and oxygen atoms in total. The van der Waals surface area contributed by atoms with Crippen molar-refractivity contribution in [3.63, 3.8) is 0 Å². The molecule has 1 rings (SSSR count). The second-order valence-electron chi connectivity index (χ2n) is 5.83. The van der Waals surface area contributed by atoms with E-state index in [9.17, 15) is 4.79 Å². The first-order chi connectivity index (χ1) is 9.88. The molecule has 0 saturated heterocycles. The Kier molecular flexibility index (Phi) is 7.46. The van der Waals surface area contributed by atoms with Gasteiger partial charge in [-0.05, 0) is 41.0 Å². The third kappa shape index (κ3) is 5.47. The van der Waals surface area contributed by atoms with Gasteiger partial charge in [0.05, 0.1) is 0 Å². The SMILES string of the molecule is CCN(CC)CCN(CC(C)C)C(=O)c1cc(Br)cn1C. The normalized spacial score (nSPS) is 11.4. The molecule has 0 aromatic carbocycles. The second-order valence-corrected chi connectivity index (χ2v) is 6.74. The average Bonchev–Trinajstić information content (AvgIpc) is 2.76. The van der Waals surface area contributed by atoms with Crippen molar-refractivity contribution in [1.29, 1.82) is 0 Å². The Hall–Kier alpha value is -0.810. The number of amides is 1. The predicted molar refractivity (Wildman–Crippen MR) is 91.6 cm³/mol. The topological polar surface area (TPSA) is 28.5 Å². The highest BCUT2D eigenvalue weighted by Gasteiger charge is 2.20. The molecule has 0 saturated carbocycles. The standard InChI is InChI=1S/C16H28BrN3O/c1-6-19(7-2)8-9-20(11-13(3)4)16(21)15-10-14(17)12-18(15)5/h10,12-13H,6-9,11H2,1-5H3. The number of likely N-dealkylation sites (N-methyl/N-ethyl adjacent to an activating group) is 1. The van der Waals surface area contributed by atoms with Crippen LogP contribution in [-0.2, 0) is 7.05 Å². The maximum absolute atomic E-state index is 12.8. The number of aryl methyl sites for hydroxylation is 1. The van der Waals surface area contributed by atoms with Crippen molar-refractivity contribution < 1.29 is 4.79 Å². The highest BCUT2D eigenvalue weighted by molar-refractivity contribution is 9.10. The van der Waals surface area contributed by atoms with Crippen molar-refractivity contribution in [2.24, 2.45) is 13.0 Å². The molecule has 0 N–H and O–H groups in total. The first-order valence-electron chi connectivity index (χ1n) is 7.72. The van der Waals surface area contributed by atoms with Crippen molar-refractivity contribution >= 4 is 21.8 Å². The van der Waals surface area contributed by atoms with Crippen molar-refractivity contribution in [3.8, 4) is 0 Å². The van der Waals surface area contributed by atoms with Gasteiger partial charge in [0.25, 0.3) is 5.91 Å². The fraction of sp³-hybridized carbons (Fsp3) is 0.688. The van der Waals surface area contributed by atoms with Crippen LogP contribution in [0.2, 0.25) is 0 Å². The van der Waals surface area contributed by atoms with Crippen molar-refractivity contribution in [1.82, 2.24) is 14.4 Å². The summed E-state index contributed by atoms with van der Waals surface area (Å²) in [5.41, 5.74) is 0.738. The van der Waals surface area contributed by atoms with E-state index in [1.165, 1.54) is 0 Å². The van der Waals surface area contributed by atoms with E-state index in [1.807, 2.05) is 28.8 Å². The van der Waals surface area contributed by atoms with Gasteiger partial charge in [-0.25, -0.2) is 0 Å². The quantitative estimate of drug-likeness (QED) is 0.714. The number of halogens is 1. The van der Waals surface area contributed by atoms with Gasteiger partial charge in [-0.3, -0.25) is 4.79 Å². The fourth-order valence-corrected chi connectivity index (χ4v) is 2.94. The van der Waals surface area contributed by atoms with Crippen molar-refractivity contribution in [2.45, 2.75) is 27.7 Å². The average molecular weight is 358 g/mol. The van der Waals surface area contributed by atoms with E-state index in [4.69, 9.17) is 0 Å². The molecule has 0 fully saturated rings. The summed E-state index contributed by atoms with van der Waals surface area (Å²) < 4.78 is 2.83. The fourth-order valence-electron chi connectivity index (χ4n) is 2.42. The molecule has 0 spiro atoms. The molecular formula is C16H28BrN3O. The molecule has 0 aliphatic rings. The Morgan fingerprint density at radius 3 is 2.33 bits per heavy atom. The molecule has 5 heteroatoms. The zero-order valence-corrected chi connectivity index (χ0v) is 15.5. The van der Waals surface area contributed by atoms with Crippen LogP contribution in [0.15, 0.2) is 16.7 Å². The molecular weight excluding hydrogens is 330 g/mol. The molecule has 120 valence electrons. The lowest BCUT2D eigenvalue weighted by molar-refractivity contribution is 0.0707. The van der Waals surface area contributed by atoms with Crippen LogP contribution in [-0.4, -0.2) is 53.0 Å². The van der Waals surface area contributed by atoms with Crippen LogP contribution in [0.5, 0.6) is 0 Å². The minimum absolute atomic E-state index is 0.115. The van der Waals surface area contributed by atoms with E-state index in [0.717, 1.165) is 42.9 Å². The molecule has 1 aromatic heterocycles. The van der Waals surface area contributed by atoms with E-state index in [2.05, 4.69) is 48.5 Å². The molecule has 0 aliphatic carbocycles. The summed E-state index contributed by atoms with van der Waals surface area (Å²) in [4.78, 5) is 17.1. The molecule has 21 heavy (non-hydrogen) atoms. The van der Waals surface area contributed by atoms with Gasteiger partial charge in [-0.15, -0.1) is 0 Å². The van der Waals surface area contributed by atoms with E-state index >= 15 is 0 Å². The highest BCUT2D eigenvalue weighted by atomic mass is 79.9. The first-order valence-corrected chi connectivity index (χ1v) is 8.51. The maximum Gasteiger partial charge on any atom is 0.270 e. The molecule has 0 bridgehead atoms. The lowest BCUT2D eigenvalue weighted by Crippen LogP contribution is -2.41. The van der Waals surface area contributed by atoms with Gasteiger partial charge >= 0.3 is 0 Å². The third-order valence-electron chi connectivity index (χ3n) is 3.64. The van der Waals surface area contributed by atoms with Crippen LogP contribution in [0.25, 0.3) is 0 Å². The zero-order chi connectivity index (χ0) is 16.0. The van der Waals surface area contributed by atoms with Gasteiger partial charge in [0.1, 0.15) is 5.69 Å². The Bertz CT molecular complexity index is 452. The van der Waals surface area contributed by atoms with Crippen molar-refractivity contribution in [2.75, 3.05) is 32.7 Å². The van der Waals surface area contributed by atoms with Crippen LogP contribution in [0, 0.1) is 5.92 Å². The number of carbonyl (C=O) groups is 1. The van der Waals surface area contributed by atoms with E-state index < -0.39 is 0 Å². The largest absolute Gasteiger partial charge is 0.345 e. The Morgan fingerprint density at radius 2 is 1.90 bits per heavy atom. The summed E-state index contributed by atoms with van der Waals surface area (Å²) >= 11 is 3.44. The van der Waals surface area contributed by atoms with E-state index in [0.29, 0.717) is 5.92 Å². The van der Waals surface area contributed by atoms with Crippen LogP contribution in [0.1, 0.15) is 38.2 Å². The second kappa shape index (κ2) is 8.59. The Morgan fingerprint density at radius 1 is 1.29 bits per heavy atom. The maximum atomic E-state index is 12.8. The number of hydrogen-bond donors (Lipinski definition) is 0. The van der Waals surface area contributed by atoms with E-state index in [-0.39, 0.29) is 5.91 Å². The molecule has 1 heterocycles. The number of carbonyl (C=O) groups excluding carboxylic acids is 1. The number of rotatable bonds is 8. The van der Waals surface area contributed by atoms with Gasteiger partial charge in [0.2, 0.25) is 0 Å². The minimum atomic E-state index is 0.115. The van der Waals surface area contributed by atoms with Crippen LogP contribution < -0.4 is 0 Å². The van der Waals surface area contributed by atoms with E-state index in [1.54, 1.807) is 0 Å². The summed E-state index contributed by atoms with van der Waals surface area (Å²) in [6.45, 7) is 13.2. The van der Waals surface area contributed by atoms with Crippen LogP contribution in [0.4, 0.5) is 0 Å². The summed E-state index contributed by atoms with van der Waals surface area (Å²) in [6, 6.07) is 1.90. The summed E-state index contributed by atoms with van der Waals surface area (Å²) in [7, 11) is 1.91. The molecule has 1 amide bonds. The first kappa shape index (κ1) is 18.2. The minimum Gasteiger partial charge on any atom is -0.345 e. The number of hydrogen-bond acceptors (Lipinski definition) is 2. The van der Waals surface area contributed by atoms with Crippen LogP contribution in [0.3, 0.4) is 0 Å².